The Morgan fingerprint density at radius 2 is 1.90 bits per heavy atom. The van der Waals surface area contributed by atoms with Crippen LogP contribution in [0.5, 0.6) is 0 Å². The first kappa shape index (κ1) is 15.5. The summed E-state index contributed by atoms with van der Waals surface area (Å²) in [6.07, 6.45) is -4.15. The van der Waals surface area contributed by atoms with E-state index in [0.717, 1.165) is 0 Å². The minimum atomic E-state index is -1.20. The van der Waals surface area contributed by atoms with Gasteiger partial charge in [0.05, 0.1) is 27.7 Å². The highest BCUT2D eigenvalue weighted by Gasteiger charge is 2.44. The Morgan fingerprint density at radius 3 is 2.52 bits per heavy atom. The Balaban J connectivity index is 2.12. The Bertz CT molecular complexity index is 695. The lowest BCUT2D eigenvalue weighted by molar-refractivity contribution is -0.0518. The Hall–Kier alpha value is -0.410. The lowest BCUT2D eigenvalue weighted by Crippen LogP contribution is -2.33. The predicted octanol–water partition coefficient (Wildman–Crippen LogP) is 1.72. The summed E-state index contributed by atoms with van der Waals surface area (Å²) in [6, 6.07) is 3.20. The molecule has 2 heterocycles. The van der Waals surface area contributed by atoms with Crippen LogP contribution in [0.2, 0.25) is 10.0 Å². The van der Waals surface area contributed by atoms with Crippen LogP contribution < -0.4 is 0 Å². The van der Waals surface area contributed by atoms with Crippen LogP contribution in [-0.4, -0.2) is 49.8 Å². The van der Waals surface area contributed by atoms with Gasteiger partial charge in [-0.1, -0.05) is 23.2 Å². The Morgan fingerprint density at radius 1 is 1.24 bits per heavy atom. The molecule has 0 radical (unpaired) electrons. The fourth-order valence-corrected chi connectivity index (χ4v) is 3.30. The van der Waals surface area contributed by atoms with Crippen LogP contribution in [0.15, 0.2) is 16.9 Å². The number of aromatic nitrogens is 2. The predicted molar refractivity (Wildman–Crippen MR) is 80.5 cm³/mol. The van der Waals surface area contributed by atoms with Gasteiger partial charge in [0.15, 0.2) is 11.0 Å². The normalized spacial score (nSPS) is 29.4. The minimum Gasteiger partial charge on any atom is -0.394 e. The molecule has 9 heteroatoms. The number of ether oxygens (including phenoxy) is 1. The van der Waals surface area contributed by atoms with Crippen molar-refractivity contribution in [3.63, 3.8) is 0 Å². The summed E-state index contributed by atoms with van der Waals surface area (Å²) in [5, 5.41) is 29.8. The van der Waals surface area contributed by atoms with E-state index in [1.807, 2.05) is 0 Å². The number of aliphatic hydroxyl groups is 3. The second-order valence-corrected chi connectivity index (χ2v) is 6.26. The summed E-state index contributed by atoms with van der Waals surface area (Å²) in [6.45, 7) is -0.397. The molecule has 3 N–H and O–H groups in total. The molecule has 0 saturated carbocycles. The number of rotatable bonds is 2. The number of aliphatic hydroxyl groups excluding tert-OH is 3. The van der Waals surface area contributed by atoms with E-state index < -0.39 is 31.1 Å². The Labute approximate surface area is 138 Å². The van der Waals surface area contributed by atoms with E-state index >= 15 is 0 Å². The van der Waals surface area contributed by atoms with E-state index in [0.29, 0.717) is 25.8 Å². The van der Waals surface area contributed by atoms with Crippen molar-refractivity contribution < 1.29 is 20.1 Å². The first-order valence-electron chi connectivity index (χ1n) is 6.09. The minimum absolute atomic E-state index is 0.338. The van der Waals surface area contributed by atoms with E-state index in [1.54, 1.807) is 16.7 Å². The zero-order chi connectivity index (χ0) is 15.3. The van der Waals surface area contributed by atoms with Gasteiger partial charge in [0.25, 0.3) is 0 Å². The number of fused-ring (bicyclic) bond motifs is 1. The van der Waals surface area contributed by atoms with Crippen molar-refractivity contribution in [2.45, 2.75) is 24.5 Å². The number of benzene rings is 1. The van der Waals surface area contributed by atoms with E-state index in [4.69, 9.17) is 33.0 Å². The fraction of sp³-hybridized carbons (Fsp3) is 0.417. The molecule has 6 nitrogen and oxygen atoms in total. The molecule has 2 aromatic rings. The van der Waals surface area contributed by atoms with Gasteiger partial charge >= 0.3 is 0 Å². The largest absolute Gasteiger partial charge is 0.394 e. The van der Waals surface area contributed by atoms with Crippen molar-refractivity contribution in [1.29, 1.82) is 0 Å². The van der Waals surface area contributed by atoms with Crippen molar-refractivity contribution in [3.8, 4) is 0 Å². The van der Waals surface area contributed by atoms with Crippen LogP contribution in [0.3, 0.4) is 0 Å². The maximum atomic E-state index is 10.1. The lowest BCUT2D eigenvalue weighted by Gasteiger charge is -2.18. The second-order valence-electron chi connectivity index (χ2n) is 4.73. The molecular weight excluding hydrogens is 387 g/mol. The smallest absolute Gasteiger partial charge is 0.180 e. The first-order valence-corrected chi connectivity index (χ1v) is 7.64. The molecule has 4 atom stereocenters. The summed E-state index contributed by atoms with van der Waals surface area (Å²) in [4.78, 5) is 4.27. The van der Waals surface area contributed by atoms with Gasteiger partial charge in [0, 0.05) is 0 Å². The highest BCUT2D eigenvalue weighted by molar-refractivity contribution is 9.10. The number of imidazole rings is 1. The average molecular weight is 398 g/mol. The molecule has 0 bridgehead atoms. The molecule has 1 fully saturated rings. The lowest BCUT2D eigenvalue weighted by atomic mass is 10.1. The number of nitrogens with zero attached hydrogens (tertiary/aromatic N) is 2. The van der Waals surface area contributed by atoms with Gasteiger partial charge in [0.2, 0.25) is 0 Å². The Kier molecular flexibility index (Phi) is 4.17. The number of hydrogen-bond donors (Lipinski definition) is 3. The molecule has 0 amide bonds. The van der Waals surface area contributed by atoms with E-state index in [2.05, 4.69) is 20.9 Å². The van der Waals surface area contributed by atoms with Crippen LogP contribution in [-0.2, 0) is 4.74 Å². The van der Waals surface area contributed by atoms with Gasteiger partial charge in [-0.2, -0.15) is 0 Å². The van der Waals surface area contributed by atoms with Crippen molar-refractivity contribution in [3.05, 3.63) is 26.9 Å². The molecule has 0 spiro atoms. The summed E-state index contributed by atoms with van der Waals surface area (Å²) in [5.41, 5.74) is 1.15. The fourth-order valence-electron chi connectivity index (χ4n) is 2.40. The quantitative estimate of drug-likeness (QED) is 0.718. The topological polar surface area (TPSA) is 87.7 Å². The molecule has 1 aromatic heterocycles. The van der Waals surface area contributed by atoms with E-state index in [-0.39, 0.29) is 0 Å². The zero-order valence-electron chi connectivity index (χ0n) is 10.4. The summed E-state index contributed by atoms with van der Waals surface area (Å²) >= 11 is 15.3. The van der Waals surface area contributed by atoms with Crippen LogP contribution in [0.4, 0.5) is 0 Å². The molecule has 1 aliphatic heterocycles. The van der Waals surface area contributed by atoms with Gasteiger partial charge in [-0.15, -0.1) is 0 Å². The van der Waals surface area contributed by atoms with E-state index in [1.165, 1.54) is 0 Å². The molecule has 1 aromatic carbocycles. The SMILES string of the molecule is OC[C@H]1O[C@H](n2c(Br)nc3cc(Cl)c(Cl)cc32)[C@H](O)[C@@H]1O. The van der Waals surface area contributed by atoms with E-state index in [9.17, 15) is 10.2 Å². The summed E-state index contributed by atoms with van der Waals surface area (Å²) in [5.74, 6) is 0. The zero-order valence-corrected chi connectivity index (χ0v) is 13.5. The summed E-state index contributed by atoms with van der Waals surface area (Å²) < 4.78 is 7.46. The number of halogens is 3. The molecule has 0 unspecified atom stereocenters. The maximum absolute atomic E-state index is 10.1. The second kappa shape index (κ2) is 5.66. The standard InChI is InChI=1S/C12H11BrCl2N2O4/c13-12-16-6-1-4(14)5(15)2-7(6)17(12)11-10(20)9(19)8(3-18)21-11/h1-2,8-11,18-20H,3H2/t8-,9-,10-,11+/m1/s1. The van der Waals surface area contributed by atoms with Crippen LogP contribution in [0, 0.1) is 0 Å². The van der Waals surface area contributed by atoms with Crippen LogP contribution in [0.25, 0.3) is 11.0 Å². The van der Waals surface area contributed by atoms with Crippen LogP contribution in [0.1, 0.15) is 6.23 Å². The van der Waals surface area contributed by atoms with Crippen molar-refractivity contribution in [2.24, 2.45) is 0 Å². The average Bonchev–Trinajstić information content (AvgIpc) is 2.89. The first-order chi connectivity index (χ1) is 9.93. The highest BCUT2D eigenvalue weighted by Crippen LogP contribution is 2.37. The van der Waals surface area contributed by atoms with Gasteiger partial charge in [0.1, 0.15) is 18.3 Å². The highest BCUT2D eigenvalue weighted by atomic mass is 79.9. The van der Waals surface area contributed by atoms with Gasteiger partial charge in [-0.25, -0.2) is 4.98 Å². The molecule has 1 aliphatic rings. The van der Waals surface area contributed by atoms with Crippen molar-refractivity contribution >= 4 is 50.2 Å². The molecule has 3 rings (SSSR count). The van der Waals surface area contributed by atoms with Crippen molar-refractivity contribution in [2.75, 3.05) is 6.61 Å². The molecule has 1 saturated heterocycles. The van der Waals surface area contributed by atoms with Gasteiger partial charge in [-0.3, -0.25) is 4.57 Å². The summed E-state index contributed by atoms with van der Waals surface area (Å²) in [7, 11) is 0. The van der Waals surface area contributed by atoms with Crippen molar-refractivity contribution in [1.82, 2.24) is 9.55 Å². The third-order valence-electron chi connectivity index (χ3n) is 3.46. The van der Waals surface area contributed by atoms with Crippen LogP contribution >= 0.6 is 39.1 Å². The van der Waals surface area contributed by atoms with Gasteiger partial charge in [-0.05, 0) is 28.1 Å². The van der Waals surface area contributed by atoms with Gasteiger partial charge < -0.3 is 20.1 Å². The molecule has 21 heavy (non-hydrogen) atoms. The number of hydrogen-bond acceptors (Lipinski definition) is 5. The molecular formula is C12H11BrCl2N2O4. The third-order valence-corrected chi connectivity index (χ3v) is 4.74. The molecule has 0 aliphatic carbocycles. The maximum Gasteiger partial charge on any atom is 0.180 e. The molecule has 114 valence electrons. The third kappa shape index (κ3) is 2.46. The monoisotopic (exact) mass is 396 g/mol.